The fourth-order valence-electron chi connectivity index (χ4n) is 1.39. The first-order chi connectivity index (χ1) is 8.54. The number of hydrazone groups is 1. The number of amides is 1. The monoisotopic (exact) mass is 268 g/mol. The number of carbonyl (C=O) groups is 1. The first-order valence-electron chi connectivity index (χ1n) is 5.86. The molecule has 1 amide bonds. The molecule has 1 aromatic rings. The molecule has 0 aliphatic heterocycles. The fraction of sp³-hybridized carbons (Fsp3) is 0.385. The molecule has 0 aliphatic rings. The number of phenolic OH excluding ortho intramolecular Hbond substituents is 1. The van der Waals surface area contributed by atoms with Crippen molar-refractivity contribution in [2.24, 2.45) is 5.10 Å². The molecule has 18 heavy (non-hydrogen) atoms. The lowest BCUT2D eigenvalue weighted by molar-refractivity contribution is 0.0952. The molecule has 0 unspecified atom stereocenters. The molecular formula is C13H17ClN2O2. The van der Waals surface area contributed by atoms with Crippen LogP contribution in [0.1, 0.15) is 43.5 Å². The van der Waals surface area contributed by atoms with Gasteiger partial charge in [-0.1, -0.05) is 24.9 Å². The summed E-state index contributed by atoms with van der Waals surface area (Å²) in [6.07, 6.45) is 2.96. The minimum atomic E-state index is -0.467. The summed E-state index contributed by atoms with van der Waals surface area (Å²) in [5.74, 6) is -0.579. The minimum Gasteiger partial charge on any atom is -0.507 e. The first-order valence-corrected chi connectivity index (χ1v) is 6.24. The van der Waals surface area contributed by atoms with Gasteiger partial charge in [0.1, 0.15) is 5.75 Å². The van der Waals surface area contributed by atoms with Crippen molar-refractivity contribution in [1.82, 2.24) is 5.43 Å². The van der Waals surface area contributed by atoms with Crippen molar-refractivity contribution in [3.05, 3.63) is 28.8 Å². The number of nitrogens with zero attached hydrogens (tertiary/aromatic N) is 1. The molecule has 0 spiro atoms. The molecular weight excluding hydrogens is 252 g/mol. The zero-order valence-electron chi connectivity index (χ0n) is 10.5. The standard InChI is InChI=1S/C13H17ClN2O2/c1-3-4-5-9(2)15-16-13(18)11-8-10(14)6-7-12(11)17/h6-8,17H,3-5H2,1-2H3,(H,16,18)/b15-9+. The Bertz CT molecular complexity index is 458. The molecule has 0 radical (unpaired) electrons. The van der Waals surface area contributed by atoms with Crippen LogP contribution in [-0.4, -0.2) is 16.7 Å². The van der Waals surface area contributed by atoms with Crippen molar-refractivity contribution in [2.45, 2.75) is 33.1 Å². The van der Waals surface area contributed by atoms with E-state index in [0.29, 0.717) is 5.02 Å². The van der Waals surface area contributed by atoms with Crippen LogP contribution in [0.3, 0.4) is 0 Å². The van der Waals surface area contributed by atoms with Crippen LogP contribution in [0.15, 0.2) is 23.3 Å². The largest absolute Gasteiger partial charge is 0.507 e. The van der Waals surface area contributed by atoms with Crippen molar-refractivity contribution in [1.29, 1.82) is 0 Å². The summed E-state index contributed by atoms with van der Waals surface area (Å²) < 4.78 is 0. The van der Waals surface area contributed by atoms with Gasteiger partial charge in [-0.15, -0.1) is 0 Å². The highest BCUT2D eigenvalue weighted by atomic mass is 35.5. The Hall–Kier alpha value is -1.55. The maximum absolute atomic E-state index is 11.8. The van der Waals surface area contributed by atoms with Gasteiger partial charge in [0.15, 0.2) is 0 Å². The van der Waals surface area contributed by atoms with Gasteiger partial charge in [-0.05, 0) is 38.0 Å². The zero-order chi connectivity index (χ0) is 13.5. The maximum Gasteiger partial charge on any atom is 0.275 e. The second kappa shape index (κ2) is 7.01. The van der Waals surface area contributed by atoms with E-state index in [4.69, 9.17) is 11.6 Å². The molecule has 98 valence electrons. The number of nitrogens with one attached hydrogen (secondary N) is 1. The summed E-state index contributed by atoms with van der Waals surface area (Å²) in [6, 6.07) is 4.30. The molecule has 1 rings (SSSR count). The molecule has 0 aliphatic carbocycles. The molecule has 4 nitrogen and oxygen atoms in total. The van der Waals surface area contributed by atoms with Crippen LogP contribution in [0, 0.1) is 0 Å². The van der Waals surface area contributed by atoms with E-state index in [9.17, 15) is 9.90 Å². The number of phenols is 1. The fourth-order valence-corrected chi connectivity index (χ4v) is 1.56. The second-order valence-corrected chi connectivity index (χ2v) is 4.49. The van der Waals surface area contributed by atoms with Crippen molar-refractivity contribution < 1.29 is 9.90 Å². The van der Waals surface area contributed by atoms with Crippen molar-refractivity contribution in [3.63, 3.8) is 0 Å². The van der Waals surface area contributed by atoms with Crippen LogP contribution in [0.25, 0.3) is 0 Å². The number of hydrogen-bond donors (Lipinski definition) is 2. The second-order valence-electron chi connectivity index (χ2n) is 4.05. The van der Waals surface area contributed by atoms with Crippen LogP contribution < -0.4 is 5.43 Å². The Morgan fingerprint density at radius 2 is 2.22 bits per heavy atom. The van der Waals surface area contributed by atoms with E-state index in [1.165, 1.54) is 18.2 Å². The average molecular weight is 269 g/mol. The summed E-state index contributed by atoms with van der Waals surface area (Å²) in [4.78, 5) is 11.8. The van der Waals surface area contributed by atoms with Gasteiger partial charge in [-0.3, -0.25) is 4.79 Å². The summed E-state index contributed by atoms with van der Waals surface area (Å²) >= 11 is 5.77. The number of carbonyl (C=O) groups excluding carboxylic acids is 1. The van der Waals surface area contributed by atoms with E-state index in [1.807, 2.05) is 6.92 Å². The van der Waals surface area contributed by atoms with Crippen LogP contribution in [0.4, 0.5) is 0 Å². The van der Waals surface area contributed by atoms with Gasteiger partial charge in [-0.25, -0.2) is 5.43 Å². The molecule has 0 saturated heterocycles. The van der Waals surface area contributed by atoms with Gasteiger partial charge in [0.25, 0.3) is 5.91 Å². The van der Waals surface area contributed by atoms with Crippen molar-refractivity contribution in [2.75, 3.05) is 0 Å². The predicted molar refractivity (Wildman–Crippen MR) is 73.2 cm³/mol. The normalized spacial score (nSPS) is 11.4. The van der Waals surface area contributed by atoms with Crippen molar-refractivity contribution in [3.8, 4) is 5.75 Å². The van der Waals surface area contributed by atoms with Gasteiger partial charge < -0.3 is 5.11 Å². The highest BCUT2D eigenvalue weighted by Gasteiger charge is 2.10. The van der Waals surface area contributed by atoms with Crippen LogP contribution in [-0.2, 0) is 0 Å². The smallest absolute Gasteiger partial charge is 0.275 e. The molecule has 1 aromatic carbocycles. The topological polar surface area (TPSA) is 61.7 Å². The molecule has 0 atom stereocenters. The minimum absolute atomic E-state index is 0.113. The number of aromatic hydroxyl groups is 1. The van der Waals surface area contributed by atoms with Gasteiger partial charge in [-0.2, -0.15) is 5.10 Å². The maximum atomic E-state index is 11.8. The van der Waals surface area contributed by atoms with Gasteiger partial charge in [0.2, 0.25) is 0 Å². The van der Waals surface area contributed by atoms with Crippen LogP contribution in [0.5, 0.6) is 5.75 Å². The third-order valence-electron chi connectivity index (χ3n) is 2.44. The summed E-state index contributed by atoms with van der Waals surface area (Å²) in [7, 11) is 0. The Labute approximate surface area is 112 Å². The number of benzene rings is 1. The van der Waals surface area contributed by atoms with Gasteiger partial charge in [0, 0.05) is 10.7 Å². The third kappa shape index (κ3) is 4.37. The summed E-state index contributed by atoms with van der Waals surface area (Å²) in [5.41, 5.74) is 3.38. The van der Waals surface area contributed by atoms with Crippen LogP contribution >= 0.6 is 11.6 Å². The highest BCUT2D eigenvalue weighted by molar-refractivity contribution is 6.31. The average Bonchev–Trinajstić information content (AvgIpc) is 2.36. The number of halogens is 1. The van der Waals surface area contributed by atoms with E-state index < -0.39 is 5.91 Å². The summed E-state index contributed by atoms with van der Waals surface area (Å²) in [5, 5.41) is 13.9. The molecule has 5 heteroatoms. The number of rotatable bonds is 5. The Kier molecular flexibility index (Phi) is 5.65. The van der Waals surface area contributed by atoms with E-state index in [1.54, 1.807) is 0 Å². The number of hydrogen-bond acceptors (Lipinski definition) is 3. The lowest BCUT2D eigenvalue weighted by Gasteiger charge is -2.04. The quantitative estimate of drug-likeness (QED) is 0.635. The van der Waals surface area contributed by atoms with E-state index in [2.05, 4.69) is 17.5 Å². The molecule has 0 heterocycles. The first kappa shape index (κ1) is 14.5. The zero-order valence-corrected chi connectivity index (χ0v) is 11.3. The SMILES string of the molecule is CCCC/C(C)=N/NC(=O)c1cc(Cl)ccc1O. The van der Waals surface area contributed by atoms with E-state index in [-0.39, 0.29) is 11.3 Å². The lowest BCUT2D eigenvalue weighted by Crippen LogP contribution is -2.19. The van der Waals surface area contributed by atoms with Crippen molar-refractivity contribution >= 4 is 23.2 Å². The predicted octanol–water partition coefficient (Wildman–Crippen LogP) is 3.34. The van der Waals surface area contributed by atoms with Crippen LogP contribution in [0.2, 0.25) is 5.02 Å². The molecule has 0 fully saturated rings. The molecule has 0 aromatic heterocycles. The van der Waals surface area contributed by atoms with E-state index in [0.717, 1.165) is 25.0 Å². The van der Waals surface area contributed by atoms with Gasteiger partial charge in [0.05, 0.1) is 5.56 Å². The van der Waals surface area contributed by atoms with E-state index >= 15 is 0 Å². The van der Waals surface area contributed by atoms with Gasteiger partial charge >= 0.3 is 0 Å². The third-order valence-corrected chi connectivity index (χ3v) is 2.68. The Morgan fingerprint density at radius 3 is 2.89 bits per heavy atom. The Balaban J connectivity index is 2.68. The number of unbranched alkanes of at least 4 members (excludes halogenated alkanes) is 1. The summed E-state index contributed by atoms with van der Waals surface area (Å²) in [6.45, 7) is 3.95. The molecule has 0 saturated carbocycles. The Morgan fingerprint density at radius 1 is 1.50 bits per heavy atom. The molecule has 2 N–H and O–H groups in total. The highest BCUT2D eigenvalue weighted by Crippen LogP contribution is 2.21. The lowest BCUT2D eigenvalue weighted by atomic mass is 10.2. The molecule has 0 bridgehead atoms.